The van der Waals surface area contributed by atoms with E-state index < -0.39 is 0 Å². The van der Waals surface area contributed by atoms with Gasteiger partial charge in [0.1, 0.15) is 0 Å². The van der Waals surface area contributed by atoms with E-state index in [1.54, 1.807) is 17.8 Å². The number of carbonyl (C=O) groups is 1. The fourth-order valence-corrected chi connectivity index (χ4v) is 2.58. The molecule has 0 saturated carbocycles. The van der Waals surface area contributed by atoms with Crippen LogP contribution in [-0.4, -0.2) is 42.7 Å². The minimum atomic E-state index is 0.124. The second-order valence-electron chi connectivity index (χ2n) is 4.28. The van der Waals surface area contributed by atoms with Crippen LogP contribution in [0, 0.1) is 0 Å². The first-order valence-electron chi connectivity index (χ1n) is 5.94. The Balaban J connectivity index is 1.89. The molecule has 0 aromatic heterocycles. The Morgan fingerprint density at radius 3 is 2.82 bits per heavy atom. The van der Waals surface area contributed by atoms with E-state index in [0.29, 0.717) is 0 Å². The Morgan fingerprint density at radius 2 is 2.18 bits per heavy atom. The van der Waals surface area contributed by atoms with Gasteiger partial charge >= 0.3 is 0 Å². The van der Waals surface area contributed by atoms with Gasteiger partial charge in [0.25, 0.3) is 0 Å². The molecule has 0 bridgehead atoms. The zero-order valence-electron chi connectivity index (χ0n) is 10.1. The molecule has 1 fully saturated rings. The molecule has 0 aromatic rings. The largest absolute Gasteiger partial charge is 0.337 e. The van der Waals surface area contributed by atoms with E-state index in [0.717, 1.165) is 31.9 Å². The lowest BCUT2D eigenvalue weighted by Gasteiger charge is -2.26. The third kappa shape index (κ3) is 3.75. The Labute approximate surface area is 107 Å². The van der Waals surface area contributed by atoms with E-state index in [1.807, 2.05) is 11.0 Å². The molecule has 1 N–H and O–H groups in total. The molecule has 2 aliphatic heterocycles. The number of nitrogens with one attached hydrogen (secondary N) is 1. The average Bonchev–Trinajstić information content (AvgIpc) is 2.39. The number of hydrogen-bond donors (Lipinski definition) is 1. The summed E-state index contributed by atoms with van der Waals surface area (Å²) in [6.45, 7) is 5.55. The fourth-order valence-electron chi connectivity index (χ4n) is 1.77. The minimum Gasteiger partial charge on any atom is -0.337 e. The number of nitrogens with zero attached hydrogens (tertiary/aromatic N) is 1. The molecule has 0 aromatic carbocycles. The van der Waals surface area contributed by atoms with Crippen LogP contribution < -0.4 is 5.32 Å². The predicted octanol–water partition coefficient (Wildman–Crippen LogP) is 1.55. The van der Waals surface area contributed by atoms with Crippen LogP contribution in [0.3, 0.4) is 0 Å². The Hall–Kier alpha value is -1.00. The van der Waals surface area contributed by atoms with Crippen LogP contribution in [0.15, 0.2) is 34.8 Å². The van der Waals surface area contributed by atoms with Gasteiger partial charge in [0.2, 0.25) is 5.91 Å². The van der Waals surface area contributed by atoms with Gasteiger partial charge in [0, 0.05) is 42.9 Å². The van der Waals surface area contributed by atoms with Crippen molar-refractivity contribution in [3.8, 4) is 0 Å². The number of allylic oxidation sites excluding steroid dienone is 3. The molecule has 2 rings (SSSR count). The number of piperazine rings is 1. The standard InChI is InChI=1S/C13H18N2OS/c1-11-2-3-12(17-10-11)4-5-13(16)15-8-6-14-7-9-15/h2-5,14H,6-10H2,1H3. The number of thioether (sulfide) groups is 1. The average molecular weight is 250 g/mol. The van der Waals surface area contributed by atoms with Crippen molar-refractivity contribution in [3.63, 3.8) is 0 Å². The molecule has 2 heterocycles. The highest BCUT2D eigenvalue weighted by Crippen LogP contribution is 2.24. The first kappa shape index (κ1) is 12.5. The van der Waals surface area contributed by atoms with Crippen LogP contribution in [-0.2, 0) is 4.79 Å². The summed E-state index contributed by atoms with van der Waals surface area (Å²) in [7, 11) is 0. The summed E-state index contributed by atoms with van der Waals surface area (Å²) in [5.74, 6) is 1.15. The highest BCUT2D eigenvalue weighted by atomic mass is 32.2. The fraction of sp³-hybridized carbons (Fsp3) is 0.462. The van der Waals surface area contributed by atoms with Crippen molar-refractivity contribution in [2.45, 2.75) is 6.92 Å². The third-order valence-corrected chi connectivity index (χ3v) is 4.02. The zero-order valence-corrected chi connectivity index (χ0v) is 10.9. The van der Waals surface area contributed by atoms with E-state index in [4.69, 9.17) is 0 Å². The summed E-state index contributed by atoms with van der Waals surface area (Å²) < 4.78 is 0. The third-order valence-electron chi connectivity index (χ3n) is 2.82. The quantitative estimate of drug-likeness (QED) is 0.755. The first-order valence-corrected chi connectivity index (χ1v) is 6.92. The lowest BCUT2D eigenvalue weighted by molar-refractivity contribution is -0.126. The predicted molar refractivity (Wildman–Crippen MR) is 72.9 cm³/mol. The summed E-state index contributed by atoms with van der Waals surface area (Å²) in [4.78, 5) is 14.9. The number of hydrogen-bond acceptors (Lipinski definition) is 3. The smallest absolute Gasteiger partial charge is 0.246 e. The lowest BCUT2D eigenvalue weighted by Crippen LogP contribution is -2.45. The molecule has 0 spiro atoms. The van der Waals surface area contributed by atoms with Gasteiger partial charge in [0.05, 0.1) is 0 Å². The molecule has 0 unspecified atom stereocenters. The van der Waals surface area contributed by atoms with Gasteiger partial charge < -0.3 is 10.2 Å². The Morgan fingerprint density at radius 1 is 1.41 bits per heavy atom. The summed E-state index contributed by atoms with van der Waals surface area (Å²) in [5.41, 5.74) is 1.38. The molecule has 0 radical (unpaired) electrons. The van der Waals surface area contributed by atoms with Crippen LogP contribution in [0.5, 0.6) is 0 Å². The van der Waals surface area contributed by atoms with E-state index in [1.165, 1.54) is 10.5 Å². The van der Waals surface area contributed by atoms with Crippen molar-refractivity contribution in [1.29, 1.82) is 0 Å². The molecule has 0 atom stereocenters. The highest BCUT2D eigenvalue weighted by Gasteiger charge is 2.13. The summed E-state index contributed by atoms with van der Waals surface area (Å²) in [6, 6.07) is 0. The second-order valence-corrected chi connectivity index (χ2v) is 5.33. The molecular formula is C13H18N2OS. The van der Waals surface area contributed by atoms with Crippen molar-refractivity contribution in [3.05, 3.63) is 34.8 Å². The monoisotopic (exact) mass is 250 g/mol. The summed E-state index contributed by atoms with van der Waals surface area (Å²) in [5, 5.41) is 3.24. The van der Waals surface area contributed by atoms with Gasteiger partial charge in [-0.25, -0.2) is 0 Å². The Bertz CT molecular complexity index is 379. The molecule has 4 heteroatoms. The zero-order chi connectivity index (χ0) is 12.1. The molecule has 0 aliphatic carbocycles. The van der Waals surface area contributed by atoms with Crippen molar-refractivity contribution in [2.24, 2.45) is 0 Å². The van der Waals surface area contributed by atoms with E-state index in [2.05, 4.69) is 24.4 Å². The van der Waals surface area contributed by atoms with Crippen LogP contribution >= 0.6 is 11.8 Å². The maximum atomic E-state index is 11.9. The topological polar surface area (TPSA) is 32.3 Å². The first-order chi connectivity index (χ1) is 8.25. The maximum Gasteiger partial charge on any atom is 0.246 e. The lowest BCUT2D eigenvalue weighted by atomic mass is 10.3. The van der Waals surface area contributed by atoms with Gasteiger partial charge in [-0.1, -0.05) is 11.6 Å². The number of amides is 1. The van der Waals surface area contributed by atoms with Gasteiger partial charge in [-0.15, -0.1) is 11.8 Å². The minimum absolute atomic E-state index is 0.124. The molecule has 17 heavy (non-hydrogen) atoms. The van der Waals surface area contributed by atoms with Gasteiger partial charge in [-0.3, -0.25) is 4.79 Å². The van der Waals surface area contributed by atoms with Crippen LogP contribution in [0.1, 0.15) is 6.92 Å². The van der Waals surface area contributed by atoms with Crippen LogP contribution in [0.2, 0.25) is 0 Å². The Kier molecular flexibility index (Phi) is 4.45. The molecule has 3 nitrogen and oxygen atoms in total. The van der Waals surface area contributed by atoms with Gasteiger partial charge in [-0.05, 0) is 19.1 Å². The van der Waals surface area contributed by atoms with Crippen LogP contribution in [0.4, 0.5) is 0 Å². The molecule has 1 amide bonds. The van der Waals surface area contributed by atoms with Crippen molar-refractivity contribution in [1.82, 2.24) is 10.2 Å². The number of rotatable bonds is 2. The highest BCUT2D eigenvalue weighted by molar-refractivity contribution is 8.03. The summed E-state index contributed by atoms with van der Waals surface area (Å²) in [6.07, 6.45) is 7.81. The van der Waals surface area contributed by atoms with Crippen LogP contribution in [0.25, 0.3) is 0 Å². The van der Waals surface area contributed by atoms with E-state index in [-0.39, 0.29) is 5.91 Å². The van der Waals surface area contributed by atoms with E-state index >= 15 is 0 Å². The SMILES string of the molecule is CC1=CC=C(C=CC(=O)N2CCNCC2)SC1. The molecule has 2 aliphatic rings. The van der Waals surface area contributed by atoms with Crippen molar-refractivity contribution in [2.75, 3.05) is 31.9 Å². The van der Waals surface area contributed by atoms with Crippen molar-refractivity contribution >= 4 is 17.7 Å². The normalized spacial score (nSPS) is 21.4. The second kappa shape index (κ2) is 6.07. The maximum absolute atomic E-state index is 11.9. The molecule has 92 valence electrons. The summed E-state index contributed by atoms with van der Waals surface area (Å²) >= 11 is 1.78. The van der Waals surface area contributed by atoms with Gasteiger partial charge in [0.15, 0.2) is 0 Å². The number of carbonyl (C=O) groups excluding carboxylic acids is 1. The molecule has 1 saturated heterocycles. The molecular weight excluding hydrogens is 232 g/mol. The van der Waals surface area contributed by atoms with Crippen molar-refractivity contribution < 1.29 is 4.79 Å². The van der Waals surface area contributed by atoms with E-state index in [9.17, 15) is 4.79 Å². The van der Waals surface area contributed by atoms with Gasteiger partial charge in [-0.2, -0.15) is 0 Å².